The molecule has 0 radical (unpaired) electrons. The summed E-state index contributed by atoms with van der Waals surface area (Å²) in [5.74, 6) is 0. The van der Waals surface area contributed by atoms with E-state index >= 15 is 0 Å². The van der Waals surface area contributed by atoms with Gasteiger partial charge in [0.25, 0.3) is 0 Å². The second-order valence-electron chi connectivity index (χ2n) is 8.95. The molecule has 0 aromatic carbocycles. The lowest BCUT2D eigenvalue weighted by molar-refractivity contribution is 0.294. The largest absolute Gasteiger partial charge is 0.338 e. The second kappa shape index (κ2) is 8.97. The number of rotatable bonds is 6. The summed E-state index contributed by atoms with van der Waals surface area (Å²) in [4.78, 5) is 15.4. The van der Waals surface area contributed by atoms with E-state index in [1.807, 2.05) is 52.4 Å². The summed E-state index contributed by atoms with van der Waals surface area (Å²) in [6.45, 7) is 6.16. The minimum absolute atomic E-state index is 0.565. The van der Waals surface area contributed by atoms with Gasteiger partial charge in [0.1, 0.15) is 20.3 Å². The minimum atomic E-state index is -0.780. The number of hydrogen-bond donors (Lipinski definition) is 1. The van der Waals surface area contributed by atoms with Crippen molar-refractivity contribution >= 4 is 14.6 Å². The highest BCUT2D eigenvalue weighted by Gasteiger charge is 2.17. The minimum Gasteiger partial charge on any atom is -0.338 e. The number of nitrogens with zero attached hydrogens (tertiary/aromatic N) is 8. The zero-order valence-electron chi connectivity index (χ0n) is 19.1. The van der Waals surface area contributed by atoms with Crippen molar-refractivity contribution in [1.29, 1.82) is 0 Å². The number of aromatic nitrogens is 7. The van der Waals surface area contributed by atoms with E-state index in [9.17, 15) is 0 Å². The molecule has 1 saturated heterocycles. The molecule has 1 aliphatic heterocycles. The third-order valence-electron chi connectivity index (χ3n) is 6.21. The van der Waals surface area contributed by atoms with Gasteiger partial charge in [-0.1, -0.05) is 17.8 Å². The predicted molar refractivity (Wildman–Crippen MR) is 133 cm³/mol. The Hall–Kier alpha value is -3.60. The highest BCUT2D eigenvalue weighted by molar-refractivity contribution is 6.54. The maximum atomic E-state index is 4.78. The van der Waals surface area contributed by atoms with Gasteiger partial charge in [0, 0.05) is 62.3 Å². The quantitative estimate of drug-likeness (QED) is 0.384. The lowest BCUT2D eigenvalue weighted by Gasteiger charge is -2.31. The summed E-state index contributed by atoms with van der Waals surface area (Å²) in [5, 5.41) is 8.69. The van der Waals surface area contributed by atoms with Gasteiger partial charge >= 0.3 is 0 Å². The molecule has 6 rings (SSSR count). The molecule has 34 heavy (non-hydrogen) atoms. The Balaban J connectivity index is 1.17. The Morgan fingerprint density at radius 2 is 1.97 bits per heavy atom. The zero-order valence-corrected chi connectivity index (χ0v) is 20.3. The molecule has 5 aromatic heterocycles. The first kappa shape index (κ1) is 21.0. The normalized spacial score (nSPS) is 16.9. The monoisotopic (exact) mass is 469 g/mol. The summed E-state index contributed by atoms with van der Waals surface area (Å²) < 4.78 is 5.97. The van der Waals surface area contributed by atoms with E-state index in [0.717, 1.165) is 47.9 Å². The van der Waals surface area contributed by atoms with Crippen LogP contribution in [0.1, 0.15) is 11.3 Å². The Morgan fingerprint density at radius 1 is 1.06 bits per heavy atom. The fourth-order valence-corrected chi connectivity index (χ4v) is 6.40. The Morgan fingerprint density at radius 3 is 2.85 bits per heavy atom. The summed E-state index contributed by atoms with van der Waals surface area (Å²) in [6, 6.07) is 10.4. The third-order valence-corrected chi connectivity index (χ3v) is 8.26. The smallest absolute Gasteiger partial charge is 0.137 e. The first-order chi connectivity index (χ1) is 16.7. The summed E-state index contributed by atoms with van der Waals surface area (Å²) in [6.07, 6.45) is 15.1. The van der Waals surface area contributed by atoms with Crippen LogP contribution in [0.3, 0.4) is 0 Å². The molecular formula is C24H27N9Si. The number of pyridine rings is 2. The van der Waals surface area contributed by atoms with Gasteiger partial charge in [-0.2, -0.15) is 0 Å². The summed E-state index contributed by atoms with van der Waals surface area (Å²) >= 11 is 0. The van der Waals surface area contributed by atoms with E-state index < -0.39 is 8.96 Å². The molecule has 0 aliphatic carbocycles. The maximum Gasteiger partial charge on any atom is 0.137 e. The fraction of sp³-hybridized carbons (Fsp3) is 0.250. The molecule has 9 nitrogen and oxygen atoms in total. The van der Waals surface area contributed by atoms with E-state index in [1.165, 1.54) is 11.7 Å². The molecule has 0 unspecified atom stereocenters. The lowest BCUT2D eigenvalue weighted by Crippen LogP contribution is -2.51. The number of nitrogens with one attached hydrogen (secondary N) is 1. The van der Waals surface area contributed by atoms with Gasteiger partial charge < -0.3 is 14.0 Å². The van der Waals surface area contributed by atoms with Crippen molar-refractivity contribution < 1.29 is 0 Å². The van der Waals surface area contributed by atoms with Gasteiger partial charge in [-0.05, 0) is 29.8 Å². The van der Waals surface area contributed by atoms with Crippen molar-refractivity contribution in [2.24, 2.45) is 0 Å². The zero-order chi connectivity index (χ0) is 22.9. The molecule has 10 heteroatoms. The first-order valence-corrected chi connectivity index (χ1v) is 14.2. The van der Waals surface area contributed by atoms with E-state index in [-0.39, 0.29) is 0 Å². The van der Waals surface area contributed by atoms with Crippen molar-refractivity contribution in [3.05, 3.63) is 85.0 Å². The SMILES string of the molecule is C[Si@H]1CN(Cc2ccc3nc(Cn4cc(-c5cncc(-n6cccc6)c5)nn4)cn3c2)CCN1. The van der Waals surface area contributed by atoms with Gasteiger partial charge in [-0.15, -0.1) is 5.10 Å². The Bertz CT molecular complexity index is 1410. The van der Waals surface area contributed by atoms with Crippen molar-refractivity contribution in [1.82, 2.24) is 43.8 Å². The molecule has 1 atom stereocenters. The first-order valence-electron chi connectivity index (χ1n) is 11.6. The van der Waals surface area contributed by atoms with Crippen LogP contribution in [0.4, 0.5) is 0 Å². The lowest BCUT2D eigenvalue weighted by atomic mass is 10.2. The van der Waals surface area contributed by atoms with Crippen LogP contribution in [0.2, 0.25) is 6.55 Å². The van der Waals surface area contributed by atoms with Crippen molar-refractivity contribution in [2.75, 3.05) is 19.3 Å². The van der Waals surface area contributed by atoms with Crippen LogP contribution in [0.5, 0.6) is 0 Å². The van der Waals surface area contributed by atoms with E-state index in [2.05, 4.69) is 66.7 Å². The van der Waals surface area contributed by atoms with Crippen molar-refractivity contribution in [2.45, 2.75) is 19.6 Å². The van der Waals surface area contributed by atoms with Crippen LogP contribution in [0.15, 0.2) is 73.7 Å². The molecule has 0 saturated carbocycles. The molecule has 1 N–H and O–H groups in total. The van der Waals surface area contributed by atoms with Crippen LogP contribution in [-0.2, 0) is 13.1 Å². The van der Waals surface area contributed by atoms with Crippen LogP contribution < -0.4 is 4.98 Å². The van der Waals surface area contributed by atoms with Gasteiger partial charge in [-0.3, -0.25) is 9.88 Å². The predicted octanol–water partition coefficient (Wildman–Crippen LogP) is 2.12. The molecular weight excluding hydrogens is 442 g/mol. The average molecular weight is 470 g/mol. The van der Waals surface area contributed by atoms with Gasteiger partial charge in [-0.25, -0.2) is 9.67 Å². The Labute approximate surface area is 199 Å². The van der Waals surface area contributed by atoms with Crippen LogP contribution in [-0.4, -0.2) is 67.0 Å². The second-order valence-corrected chi connectivity index (χ2v) is 11.5. The van der Waals surface area contributed by atoms with Gasteiger partial charge in [0.15, 0.2) is 0 Å². The number of imidazole rings is 1. The molecule has 0 amide bonds. The average Bonchev–Trinajstić information content (AvgIpc) is 3.60. The summed E-state index contributed by atoms with van der Waals surface area (Å²) in [7, 11) is -0.780. The fourth-order valence-electron chi connectivity index (χ4n) is 4.56. The number of hydrogen-bond acceptors (Lipinski definition) is 6. The molecule has 5 aromatic rings. The standard InChI is InChI=1S/C24H27N9Si/c1-34-18-30(9-6-26-34)13-19-4-5-24-27-21(15-32(24)14-19)16-33-17-23(28-29-33)20-10-22(12-25-11-20)31-7-2-3-8-31/h2-5,7-8,10-12,14-15,17,26,34H,6,9,13,16,18H2,1H3/t34-/m0/s1. The van der Waals surface area contributed by atoms with Crippen molar-refractivity contribution in [3.8, 4) is 16.9 Å². The Kier molecular flexibility index (Phi) is 5.53. The highest BCUT2D eigenvalue weighted by atomic mass is 28.3. The molecule has 0 spiro atoms. The van der Waals surface area contributed by atoms with Crippen LogP contribution in [0.25, 0.3) is 22.6 Å². The van der Waals surface area contributed by atoms with Crippen LogP contribution >= 0.6 is 0 Å². The maximum absolute atomic E-state index is 4.78. The van der Waals surface area contributed by atoms with Gasteiger partial charge in [0.05, 0.1) is 30.3 Å². The van der Waals surface area contributed by atoms with E-state index in [0.29, 0.717) is 6.54 Å². The van der Waals surface area contributed by atoms with Crippen molar-refractivity contribution in [3.63, 3.8) is 0 Å². The molecule has 172 valence electrons. The molecule has 1 aliphatic rings. The molecule has 6 heterocycles. The van der Waals surface area contributed by atoms with Crippen LogP contribution in [0, 0.1) is 0 Å². The van der Waals surface area contributed by atoms with E-state index in [1.54, 1.807) is 0 Å². The number of fused-ring (bicyclic) bond motifs is 1. The summed E-state index contributed by atoms with van der Waals surface area (Å²) in [5.41, 5.74) is 5.94. The third kappa shape index (κ3) is 4.43. The topological polar surface area (TPSA) is 81.1 Å². The molecule has 0 bridgehead atoms. The van der Waals surface area contributed by atoms with E-state index in [4.69, 9.17) is 4.98 Å². The van der Waals surface area contributed by atoms with Gasteiger partial charge in [0.2, 0.25) is 0 Å². The molecule has 1 fully saturated rings. The highest BCUT2D eigenvalue weighted by Crippen LogP contribution is 2.19.